The lowest BCUT2D eigenvalue weighted by Gasteiger charge is -2.59. The van der Waals surface area contributed by atoms with Crippen molar-refractivity contribution >= 4 is 17.6 Å². The van der Waals surface area contributed by atoms with Gasteiger partial charge in [0, 0.05) is 75.8 Å². The summed E-state index contributed by atoms with van der Waals surface area (Å²) in [7, 11) is 8.61. The zero-order valence-electron chi connectivity index (χ0n) is 35.3. The number of carbonyl (C=O) groups is 2. The minimum absolute atomic E-state index is 0.0970. The molecule has 1 N–H and O–H groups in total. The Balaban J connectivity index is 1.34. The maximum Gasteiger partial charge on any atom is 0.225 e. The number of rotatable bonds is 11. The summed E-state index contributed by atoms with van der Waals surface area (Å²) in [5.74, 6) is 3.73. The molecule has 12 nitrogen and oxygen atoms in total. The number of benzene rings is 2. The number of hydrogen-bond acceptors (Lipinski definition) is 10. The molecule has 2 fully saturated rings. The molecule has 2 amide bonds. The maximum absolute atomic E-state index is 14.9. The van der Waals surface area contributed by atoms with Crippen LogP contribution in [0.4, 0.5) is 5.82 Å². The summed E-state index contributed by atoms with van der Waals surface area (Å²) in [6, 6.07) is 12.7. The van der Waals surface area contributed by atoms with E-state index in [4.69, 9.17) is 23.9 Å². The average Bonchev–Trinajstić information content (AvgIpc) is 3.23. The van der Waals surface area contributed by atoms with E-state index in [1.807, 2.05) is 14.0 Å². The van der Waals surface area contributed by atoms with E-state index in [0.29, 0.717) is 81.3 Å². The molecule has 1 saturated heterocycles. The van der Waals surface area contributed by atoms with Crippen LogP contribution in [0.2, 0.25) is 0 Å². The quantitative estimate of drug-likeness (QED) is 0.275. The highest BCUT2D eigenvalue weighted by molar-refractivity contribution is 5.81. The molecule has 308 valence electrons. The monoisotopic (exact) mass is 782 g/mol. The molecule has 0 bridgehead atoms. The lowest BCUT2D eigenvalue weighted by Crippen LogP contribution is -2.63. The molecule has 12 heteroatoms. The number of pyridine rings is 1. The fourth-order valence-electron chi connectivity index (χ4n) is 10.6. The summed E-state index contributed by atoms with van der Waals surface area (Å²) >= 11 is 0. The lowest BCUT2D eigenvalue weighted by molar-refractivity contribution is -0.153. The van der Waals surface area contributed by atoms with Gasteiger partial charge in [0.2, 0.25) is 11.8 Å². The summed E-state index contributed by atoms with van der Waals surface area (Å²) in [4.78, 5) is 43.5. The number of amides is 2. The number of fused-ring (bicyclic) bond motifs is 3. The van der Waals surface area contributed by atoms with E-state index in [0.717, 1.165) is 49.7 Å². The van der Waals surface area contributed by atoms with Crippen molar-refractivity contribution in [3.8, 4) is 23.0 Å². The van der Waals surface area contributed by atoms with Gasteiger partial charge in [-0.05, 0) is 124 Å². The lowest BCUT2D eigenvalue weighted by atomic mass is 9.58. The second kappa shape index (κ2) is 17.1. The second-order valence-corrected chi connectivity index (χ2v) is 16.2. The predicted octanol–water partition coefficient (Wildman–Crippen LogP) is 5.31. The first-order valence-corrected chi connectivity index (χ1v) is 20.8. The van der Waals surface area contributed by atoms with E-state index in [-0.39, 0.29) is 29.7 Å². The van der Waals surface area contributed by atoms with Crippen LogP contribution in [0.1, 0.15) is 72.2 Å². The van der Waals surface area contributed by atoms with Crippen LogP contribution >= 0.6 is 0 Å². The van der Waals surface area contributed by atoms with Gasteiger partial charge in [0.05, 0.1) is 34.0 Å². The van der Waals surface area contributed by atoms with Gasteiger partial charge in [0.15, 0.2) is 23.0 Å². The molecule has 0 radical (unpaired) electrons. The van der Waals surface area contributed by atoms with E-state index in [1.165, 1.54) is 22.3 Å². The van der Waals surface area contributed by atoms with E-state index in [2.05, 4.69) is 75.2 Å². The van der Waals surface area contributed by atoms with Gasteiger partial charge < -0.3 is 39.0 Å². The van der Waals surface area contributed by atoms with Crippen molar-refractivity contribution in [2.45, 2.75) is 70.9 Å². The molecular weight excluding hydrogens is 721 g/mol. The Morgan fingerprint density at radius 3 is 2.12 bits per heavy atom. The Morgan fingerprint density at radius 1 is 0.825 bits per heavy atom. The highest BCUT2D eigenvalue weighted by Gasteiger charge is 2.58. The Labute approximate surface area is 338 Å². The zero-order chi connectivity index (χ0) is 40.4. The number of anilines is 1. The fraction of sp³-hybridized carbons (Fsp3) is 0.578. The smallest absolute Gasteiger partial charge is 0.225 e. The van der Waals surface area contributed by atoms with Crippen LogP contribution in [0.15, 0.2) is 36.4 Å². The van der Waals surface area contributed by atoms with Crippen LogP contribution in [-0.4, -0.2) is 119 Å². The number of aryl methyl sites for hydroxylation is 2. The van der Waals surface area contributed by atoms with Crippen molar-refractivity contribution in [1.82, 2.24) is 25.0 Å². The van der Waals surface area contributed by atoms with E-state index in [9.17, 15) is 9.59 Å². The summed E-state index contributed by atoms with van der Waals surface area (Å²) in [6.07, 6.45) is 3.94. The normalized spacial score (nSPS) is 23.5. The Bertz CT molecular complexity index is 1930. The summed E-state index contributed by atoms with van der Waals surface area (Å²) in [6.45, 7) is 12.0. The molecule has 7 rings (SSSR count). The van der Waals surface area contributed by atoms with Gasteiger partial charge in [-0.2, -0.15) is 0 Å². The Hall–Kier alpha value is -4.55. The van der Waals surface area contributed by atoms with Crippen molar-refractivity contribution in [2.75, 3.05) is 92.7 Å². The SMILES string of the molecule is CCN1CCc2cc(OC)c(OC)cc2C1C1CC(C(=O)N2CCN(c3cc(C)cc(C)n3)CC2)CCC12c1cc(OC)c(OC)cc1CCN2C(=O)CCNC. The minimum atomic E-state index is -0.706. The molecule has 4 unspecified atom stereocenters. The number of carbonyl (C=O) groups excluding carboxylic acids is 2. The highest BCUT2D eigenvalue weighted by Crippen LogP contribution is 2.59. The van der Waals surface area contributed by atoms with Crippen LogP contribution in [0.25, 0.3) is 0 Å². The standard InChI is InChI=1S/C45H62N6O6/c1-9-48-16-12-31-25-37(54-5)39(56-7)27-34(31)43(48)36-24-33(44(53)50-20-18-49(19-21-50)41-23-29(2)22-30(3)47-41)10-14-45(36)35-28-40(57-8)38(55-6)26-32(35)13-17-51(45)42(52)11-15-46-4/h22-23,25-28,33,36,43,46H,9-21,24H2,1-8H3. The minimum Gasteiger partial charge on any atom is -0.493 e. The van der Waals surface area contributed by atoms with Crippen molar-refractivity contribution < 1.29 is 28.5 Å². The first kappa shape index (κ1) is 40.6. The van der Waals surface area contributed by atoms with Gasteiger partial charge in [-0.1, -0.05) is 6.92 Å². The van der Waals surface area contributed by atoms with E-state index >= 15 is 0 Å². The number of nitrogens with zero attached hydrogens (tertiary/aromatic N) is 5. The highest BCUT2D eigenvalue weighted by atomic mass is 16.5. The molecule has 1 aromatic heterocycles. The molecule has 4 heterocycles. The van der Waals surface area contributed by atoms with Gasteiger partial charge in [-0.25, -0.2) is 4.98 Å². The number of methoxy groups -OCH3 is 4. The van der Waals surface area contributed by atoms with Crippen LogP contribution < -0.4 is 29.2 Å². The molecule has 1 aliphatic carbocycles. The molecule has 1 saturated carbocycles. The molecule has 4 atom stereocenters. The van der Waals surface area contributed by atoms with Crippen LogP contribution in [0.5, 0.6) is 23.0 Å². The first-order chi connectivity index (χ1) is 27.6. The van der Waals surface area contributed by atoms with Gasteiger partial charge in [0.25, 0.3) is 0 Å². The average molecular weight is 783 g/mol. The molecule has 3 aromatic rings. The summed E-state index contributed by atoms with van der Waals surface area (Å²) in [5.41, 5.74) is 6.18. The Kier molecular flexibility index (Phi) is 12.2. The van der Waals surface area contributed by atoms with Crippen molar-refractivity contribution in [2.24, 2.45) is 11.8 Å². The van der Waals surface area contributed by atoms with Crippen LogP contribution in [0, 0.1) is 25.7 Å². The predicted molar refractivity (Wildman–Crippen MR) is 222 cm³/mol. The number of ether oxygens (including phenoxy) is 4. The molecule has 4 aliphatic rings. The number of nitrogens with one attached hydrogen (secondary N) is 1. The van der Waals surface area contributed by atoms with Crippen molar-refractivity contribution in [3.63, 3.8) is 0 Å². The van der Waals surface area contributed by atoms with Crippen molar-refractivity contribution in [3.05, 3.63) is 69.9 Å². The molecular formula is C45H62N6O6. The topological polar surface area (TPSA) is 109 Å². The third-order valence-electron chi connectivity index (χ3n) is 13.2. The van der Waals surface area contributed by atoms with E-state index in [1.54, 1.807) is 28.4 Å². The number of piperazine rings is 1. The first-order valence-electron chi connectivity index (χ1n) is 20.8. The van der Waals surface area contributed by atoms with Gasteiger partial charge >= 0.3 is 0 Å². The van der Waals surface area contributed by atoms with Gasteiger partial charge in [-0.3, -0.25) is 14.5 Å². The summed E-state index contributed by atoms with van der Waals surface area (Å²) < 4.78 is 23.6. The zero-order valence-corrected chi connectivity index (χ0v) is 35.3. The summed E-state index contributed by atoms with van der Waals surface area (Å²) in [5, 5.41) is 3.21. The fourth-order valence-corrected chi connectivity index (χ4v) is 10.6. The molecule has 57 heavy (non-hydrogen) atoms. The second-order valence-electron chi connectivity index (χ2n) is 16.2. The van der Waals surface area contributed by atoms with Crippen LogP contribution in [0.3, 0.4) is 0 Å². The third-order valence-corrected chi connectivity index (χ3v) is 13.2. The number of likely N-dealkylation sites (N-methyl/N-ethyl adjacent to an activating group) is 1. The van der Waals surface area contributed by atoms with Crippen molar-refractivity contribution in [1.29, 1.82) is 0 Å². The molecule has 2 aromatic carbocycles. The van der Waals surface area contributed by atoms with E-state index < -0.39 is 5.54 Å². The number of hydrogen-bond donors (Lipinski definition) is 1. The molecule has 3 aliphatic heterocycles. The number of aromatic nitrogens is 1. The van der Waals surface area contributed by atoms with Gasteiger partial charge in [-0.15, -0.1) is 0 Å². The molecule has 1 spiro atoms. The maximum atomic E-state index is 14.9. The Morgan fingerprint density at radius 2 is 1.47 bits per heavy atom. The largest absolute Gasteiger partial charge is 0.493 e. The van der Waals surface area contributed by atoms with Gasteiger partial charge in [0.1, 0.15) is 5.82 Å². The third kappa shape index (κ3) is 7.51. The van der Waals surface area contributed by atoms with Crippen LogP contribution in [-0.2, 0) is 28.0 Å².